The van der Waals surface area contributed by atoms with Gasteiger partial charge in [0.25, 0.3) is 11.6 Å². The smallest absolute Gasteiger partial charge is 0.287 e. The van der Waals surface area contributed by atoms with Gasteiger partial charge < -0.3 is 15.1 Å². The molecule has 0 unspecified atom stereocenters. The maximum Gasteiger partial charge on any atom is 0.287 e. The zero-order valence-electron chi connectivity index (χ0n) is 17.9. The average molecular weight is 448 g/mol. The summed E-state index contributed by atoms with van der Waals surface area (Å²) >= 11 is 0. The van der Waals surface area contributed by atoms with Crippen molar-refractivity contribution in [2.75, 3.05) is 25.0 Å². The Bertz CT molecular complexity index is 1120. The number of piperidine rings is 1. The minimum atomic E-state index is -0.466. The first-order valence-corrected chi connectivity index (χ1v) is 10.7. The molecule has 0 spiro atoms. The normalized spacial score (nSPS) is 14.5. The number of amides is 2. The number of carbonyl (C=O) groups excluding carboxylic acids is 2. The molecule has 0 saturated carbocycles. The molecule has 0 atom stereocenters. The van der Waals surface area contributed by atoms with Gasteiger partial charge in [-0.1, -0.05) is 18.2 Å². The molecule has 9 heteroatoms. The number of nitro groups is 1. The van der Waals surface area contributed by atoms with Crippen LogP contribution < -0.4 is 10.6 Å². The average Bonchev–Trinajstić information content (AvgIpc) is 3.32. The summed E-state index contributed by atoms with van der Waals surface area (Å²) in [5.41, 5.74) is 1.42. The Hall–Kier alpha value is -3.98. The fraction of sp³-hybridized carbons (Fsp3) is 0.250. The van der Waals surface area contributed by atoms with E-state index in [2.05, 4.69) is 15.5 Å². The van der Waals surface area contributed by atoms with Crippen molar-refractivity contribution in [3.63, 3.8) is 0 Å². The fourth-order valence-corrected chi connectivity index (χ4v) is 3.78. The molecular weight excluding hydrogens is 424 g/mol. The van der Waals surface area contributed by atoms with Crippen molar-refractivity contribution < 1.29 is 18.9 Å². The van der Waals surface area contributed by atoms with E-state index >= 15 is 0 Å². The van der Waals surface area contributed by atoms with Crippen LogP contribution in [-0.4, -0.2) is 47.3 Å². The van der Waals surface area contributed by atoms with Gasteiger partial charge in [0.2, 0.25) is 5.91 Å². The van der Waals surface area contributed by atoms with Gasteiger partial charge in [0.15, 0.2) is 5.76 Å². The van der Waals surface area contributed by atoms with E-state index in [4.69, 9.17) is 4.42 Å². The Labute approximate surface area is 190 Å². The molecule has 33 heavy (non-hydrogen) atoms. The molecule has 1 saturated heterocycles. The molecule has 2 aromatic carbocycles. The number of anilines is 1. The Morgan fingerprint density at radius 2 is 1.70 bits per heavy atom. The first kappa shape index (κ1) is 22.2. The summed E-state index contributed by atoms with van der Waals surface area (Å²) in [6, 6.07) is 18.6. The highest BCUT2D eigenvalue weighted by Gasteiger charge is 2.23. The van der Waals surface area contributed by atoms with Crippen molar-refractivity contribution in [1.82, 2.24) is 10.2 Å². The number of carbonyl (C=O) groups is 2. The van der Waals surface area contributed by atoms with Gasteiger partial charge in [0.1, 0.15) is 5.76 Å². The van der Waals surface area contributed by atoms with E-state index in [-0.39, 0.29) is 29.3 Å². The van der Waals surface area contributed by atoms with E-state index in [0.29, 0.717) is 31.0 Å². The van der Waals surface area contributed by atoms with E-state index < -0.39 is 4.92 Å². The summed E-state index contributed by atoms with van der Waals surface area (Å²) in [7, 11) is 0. The lowest BCUT2D eigenvalue weighted by molar-refractivity contribution is -0.384. The fourth-order valence-electron chi connectivity index (χ4n) is 3.78. The third-order valence-electron chi connectivity index (χ3n) is 5.54. The Morgan fingerprint density at radius 3 is 2.36 bits per heavy atom. The second-order valence-electron chi connectivity index (χ2n) is 7.91. The zero-order chi connectivity index (χ0) is 23.2. The number of furan rings is 1. The molecule has 0 radical (unpaired) electrons. The molecule has 170 valence electrons. The number of benzene rings is 2. The molecule has 2 amide bonds. The zero-order valence-corrected chi connectivity index (χ0v) is 17.9. The van der Waals surface area contributed by atoms with Crippen LogP contribution in [0.1, 0.15) is 23.4 Å². The van der Waals surface area contributed by atoms with E-state index in [1.807, 2.05) is 30.3 Å². The van der Waals surface area contributed by atoms with Crippen LogP contribution in [0.25, 0.3) is 11.3 Å². The molecule has 1 fully saturated rings. The van der Waals surface area contributed by atoms with Crippen molar-refractivity contribution in [2.24, 2.45) is 0 Å². The maximum atomic E-state index is 12.6. The van der Waals surface area contributed by atoms with Gasteiger partial charge in [0.05, 0.1) is 11.5 Å². The quantitative estimate of drug-likeness (QED) is 0.420. The highest BCUT2D eigenvalue weighted by Crippen LogP contribution is 2.24. The molecule has 2 heterocycles. The summed E-state index contributed by atoms with van der Waals surface area (Å²) in [4.78, 5) is 37.2. The number of hydrogen-bond donors (Lipinski definition) is 2. The molecule has 1 aliphatic rings. The van der Waals surface area contributed by atoms with Crippen LogP contribution in [0.3, 0.4) is 0 Å². The molecule has 1 aromatic heterocycles. The first-order valence-electron chi connectivity index (χ1n) is 10.7. The lowest BCUT2D eigenvalue weighted by atomic mass is 10.0. The van der Waals surface area contributed by atoms with Gasteiger partial charge in [-0.3, -0.25) is 24.6 Å². The van der Waals surface area contributed by atoms with E-state index in [0.717, 1.165) is 18.5 Å². The van der Waals surface area contributed by atoms with Gasteiger partial charge in [-0.15, -0.1) is 0 Å². The van der Waals surface area contributed by atoms with Crippen molar-refractivity contribution in [1.29, 1.82) is 0 Å². The minimum absolute atomic E-state index is 0.00106. The molecular formula is C24H24N4O5. The highest BCUT2D eigenvalue weighted by atomic mass is 16.6. The number of hydrogen-bond acceptors (Lipinski definition) is 6. The monoisotopic (exact) mass is 448 g/mol. The highest BCUT2D eigenvalue weighted by molar-refractivity contribution is 5.93. The minimum Gasteiger partial charge on any atom is -0.451 e. The van der Waals surface area contributed by atoms with Gasteiger partial charge in [-0.2, -0.15) is 0 Å². The molecule has 3 aromatic rings. The summed E-state index contributed by atoms with van der Waals surface area (Å²) in [5.74, 6) is 0.295. The number of rotatable bonds is 7. The van der Waals surface area contributed by atoms with Crippen molar-refractivity contribution in [3.8, 4) is 11.3 Å². The van der Waals surface area contributed by atoms with E-state index in [1.54, 1.807) is 24.3 Å². The number of non-ortho nitro benzene ring substituents is 1. The molecule has 2 N–H and O–H groups in total. The predicted octanol–water partition coefficient (Wildman–Crippen LogP) is 3.69. The lowest BCUT2D eigenvalue weighted by Gasteiger charge is -2.31. The van der Waals surface area contributed by atoms with Crippen molar-refractivity contribution in [2.45, 2.75) is 18.9 Å². The number of nitrogens with one attached hydrogen (secondary N) is 2. The van der Waals surface area contributed by atoms with Crippen LogP contribution >= 0.6 is 0 Å². The lowest BCUT2D eigenvalue weighted by Crippen LogP contribution is -2.46. The molecule has 9 nitrogen and oxygen atoms in total. The van der Waals surface area contributed by atoms with Crippen LogP contribution in [0.5, 0.6) is 0 Å². The van der Waals surface area contributed by atoms with Crippen LogP contribution in [0.2, 0.25) is 0 Å². The Kier molecular flexibility index (Phi) is 6.80. The molecule has 0 bridgehead atoms. The maximum absolute atomic E-state index is 12.6. The van der Waals surface area contributed by atoms with E-state index in [9.17, 15) is 19.7 Å². The third-order valence-corrected chi connectivity index (χ3v) is 5.54. The second kappa shape index (κ2) is 10.1. The second-order valence-corrected chi connectivity index (χ2v) is 7.91. The predicted molar refractivity (Wildman–Crippen MR) is 123 cm³/mol. The van der Waals surface area contributed by atoms with Gasteiger partial charge in [0, 0.05) is 42.5 Å². The summed E-state index contributed by atoms with van der Waals surface area (Å²) < 4.78 is 5.66. The summed E-state index contributed by atoms with van der Waals surface area (Å²) in [6.45, 7) is 1.73. The van der Waals surface area contributed by atoms with Gasteiger partial charge >= 0.3 is 0 Å². The number of nitro benzene ring substituents is 1. The van der Waals surface area contributed by atoms with Gasteiger partial charge in [-0.25, -0.2) is 0 Å². The summed E-state index contributed by atoms with van der Waals surface area (Å²) in [6.07, 6.45) is 1.47. The molecule has 0 aliphatic carbocycles. The Morgan fingerprint density at radius 1 is 1.00 bits per heavy atom. The van der Waals surface area contributed by atoms with Crippen molar-refractivity contribution >= 4 is 23.2 Å². The van der Waals surface area contributed by atoms with Crippen LogP contribution in [-0.2, 0) is 4.79 Å². The number of nitrogens with zero attached hydrogens (tertiary/aromatic N) is 2. The molecule has 1 aliphatic heterocycles. The van der Waals surface area contributed by atoms with Crippen LogP contribution in [0.15, 0.2) is 71.1 Å². The third kappa shape index (κ3) is 5.83. The first-order chi connectivity index (χ1) is 16.0. The van der Waals surface area contributed by atoms with Gasteiger partial charge in [-0.05, 0) is 49.2 Å². The molecule has 4 rings (SSSR count). The van der Waals surface area contributed by atoms with Crippen LogP contribution in [0.4, 0.5) is 11.4 Å². The SMILES string of the molecule is O=C(CN1CCC(NC(=O)c2ccc(-c3ccc([N+](=O)[O-])cc3)o2)CC1)Nc1ccccc1. The number of likely N-dealkylation sites (tertiary alicyclic amines) is 1. The number of para-hydroxylation sites is 1. The Balaban J connectivity index is 1.25. The topological polar surface area (TPSA) is 118 Å². The van der Waals surface area contributed by atoms with Crippen molar-refractivity contribution in [3.05, 3.63) is 82.6 Å². The van der Waals surface area contributed by atoms with E-state index in [1.165, 1.54) is 12.1 Å². The standard InChI is InChI=1S/C24H24N4O5/c29-23(25-18-4-2-1-3-5-18)16-27-14-12-19(13-15-27)26-24(30)22-11-10-21(33-22)17-6-8-20(9-7-17)28(31)32/h1-11,19H,12-16H2,(H,25,29)(H,26,30). The van der Waals surface area contributed by atoms with Crippen LogP contribution in [0, 0.1) is 10.1 Å². The largest absolute Gasteiger partial charge is 0.451 e. The summed E-state index contributed by atoms with van der Waals surface area (Å²) in [5, 5.41) is 16.7.